The summed E-state index contributed by atoms with van der Waals surface area (Å²) < 4.78 is 30.6. The van der Waals surface area contributed by atoms with Crippen LogP contribution in [-0.2, 0) is 6.61 Å². The molecule has 4 aromatic carbocycles. The summed E-state index contributed by atoms with van der Waals surface area (Å²) in [5, 5.41) is 6.98. The van der Waals surface area contributed by atoms with Crippen molar-refractivity contribution in [2.75, 3.05) is 7.11 Å². The summed E-state index contributed by atoms with van der Waals surface area (Å²) in [6.07, 6.45) is 1.49. The van der Waals surface area contributed by atoms with E-state index in [0.29, 0.717) is 28.2 Å². The van der Waals surface area contributed by atoms with Gasteiger partial charge < -0.3 is 13.9 Å². The van der Waals surface area contributed by atoms with Crippen molar-refractivity contribution >= 4 is 33.9 Å². The molecule has 0 saturated heterocycles. The van der Waals surface area contributed by atoms with Gasteiger partial charge in [-0.25, -0.2) is 9.82 Å². The maximum absolute atomic E-state index is 13.8. The van der Waals surface area contributed by atoms with E-state index in [2.05, 4.69) is 10.5 Å². The second-order valence-electron chi connectivity index (χ2n) is 7.80. The molecule has 1 heterocycles. The van der Waals surface area contributed by atoms with Crippen molar-refractivity contribution in [3.05, 3.63) is 108 Å². The number of hydrogen-bond acceptors (Lipinski definition) is 5. The highest BCUT2D eigenvalue weighted by Crippen LogP contribution is 2.29. The van der Waals surface area contributed by atoms with Crippen LogP contribution in [0.15, 0.2) is 94.4 Å². The van der Waals surface area contributed by atoms with Gasteiger partial charge in [0.15, 0.2) is 17.3 Å². The van der Waals surface area contributed by atoms with E-state index >= 15 is 0 Å². The third kappa shape index (κ3) is 4.70. The zero-order valence-corrected chi connectivity index (χ0v) is 18.8. The molecular weight excluding hydrogens is 447 g/mol. The topological polar surface area (TPSA) is 73.1 Å². The largest absolute Gasteiger partial charge is 0.493 e. The quantitative estimate of drug-likeness (QED) is 0.232. The monoisotopic (exact) mass is 468 g/mol. The van der Waals surface area contributed by atoms with Crippen LogP contribution in [0.2, 0.25) is 0 Å². The average Bonchev–Trinajstić information content (AvgIpc) is 3.34. The van der Waals surface area contributed by atoms with Gasteiger partial charge >= 0.3 is 5.91 Å². The number of fused-ring (bicyclic) bond motifs is 3. The fraction of sp³-hybridized carbons (Fsp3) is 0.0714. The van der Waals surface area contributed by atoms with Crippen molar-refractivity contribution in [3.8, 4) is 11.5 Å². The normalized spacial score (nSPS) is 11.3. The van der Waals surface area contributed by atoms with Gasteiger partial charge in [0.1, 0.15) is 18.0 Å². The molecule has 0 fully saturated rings. The van der Waals surface area contributed by atoms with Crippen LogP contribution >= 0.6 is 0 Å². The van der Waals surface area contributed by atoms with E-state index < -0.39 is 5.91 Å². The second-order valence-corrected chi connectivity index (χ2v) is 7.80. The highest BCUT2D eigenvalue weighted by Gasteiger charge is 2.13. The predicted molar refractivity (Wildman–Crippen MR) is 133 cm³/mol. The number of carbonyl (C=O) groups is 1. The van der Waals surface area contributed by atoms with E-state index in [-0.39, 0.29) is 18.2 Å². The fourth-order valence-corrected chi connectivity index (χ4v) is 3.78. The molecule has 0 unspecified atom stereocenters. The van der Waals surface area contributed by atoms with E-state index in [9.17, 15) is 9.18 Å². The first-order chi connectivity index (χ1) is 17.1. The Labute approximate surface area is 200 Å². The molecule has 5 rings (SSSR count). The molecule has 174 valence electrons. The summed E-state index contributed by atoms with van der Waals surface area (Å²) in [7, 11) is 1.51. The lowest BCUT2D eigenvalue weighted by Crippen LogP contribution is -2.16. The van der Waals surface area contributed by atoms with Gasteiger partial charge in [0.2, 0.25) is 0 Å². The Morgan fingerprint density at radius 3 is 2.66 bits per heavy atom. The van der Waals surface area contributed by atoms with Crippen LogP contribution in [0.25, 0.3) is 21.7 Å². The Balaban J connectivity index is 1.27. The van der Waals surface area contributed by atoms with Crippen molar-refractivity contribution in [3.63, 3.8) is 0 Å². The molecule has 1 aromatic heterocycles. The lowest BCUT2D eigenvalue weighted by atomic mass is 10.1. The molecule has 0 aliphatic heterocycles. The van der Waals surface area contributed by atoms with Crippen molar-refractivity contribution in [1.29, 1.82) is 0 Å². The minimum atomic E-state index is -0.460. The third-order valence-corrected chi connectivity index (χ3v) is 5.56. The number of furan rings is 1. The van der Waals surface area contributed by atoms with Crippen LogP contribution in [0.1, 0.15) is 21.7 Å². The van der Waals surface area contributed by atoms with Gasteiger partial charge in [0.25, 0.3) is 0 Å². The molecule has 0 atom stereocenters. The number of nitrogens with one attached hydrogen (secondary N) is 1. The fourth-order valence-electron chi connectivity index (χ4n) is 3.78. The zero-order chi connectivity index (χ0) is 24.2. The molecule has 0 saturated carbocycles. The Hall–Kier alpha value is -4.65. The summed E-state index contributed by atoms with van der Waals surface area (Å²) in [5.74, 6) is 0.303. The Bertz CT molecular complexity index is 1560. The Morgan fingerprint density at radius 1 is 0.971 bits per heavy atom. The standard InChI is InChI=1S/C28H21FN2O4/c1-33-26-14-18(10-12-25(26)34-17-20-7-3-5-9-23(20)29)16-30-31-28(32)27-15-22-21-8-4-2-6-19(21)11-13-24(22)35-27/h2-16H,17H2,1H3,(H,31,32). The smallest absolute Gasteiger partial charge is 0.307 e. The van der Waals surface area contributed by atoms with Gasteiger partial charge in [0.05, 0.1) is 13.3 Å². The van der Waals surface area contributed by atoms with Gasteiger partial charge in [-0.1, -0.05) is 48.5 Å². The minimum absolute atomic E-state index is 0.0688. The maximum atomic E-state index is 13.8. The number of halogens is 1. The first-order valence-electron chi connectivity index (χ1n) is 10.9. The highest BCUT2D eigenvalue weighted by atomic mass is 19.1. The van der Waals surface area contributed by atoms with Crippen LogP contribution in [0.3, 0.4) is 0 Å². The molecule has 0 bridgehead atoms. The first-order valence-corrected chi connectivity index (χ1v) is 10.9. The van der Waals surface area contributed by atoms with Crippen molar-refractivity contribution < 1.29 is 23.1 Å². The lowest BCUT2D eigenvalue weighted by Gasteiger charge is -2.11. The molecule has 1 N–H and O–H groups in total. The molecule has 6 nitrogen and oxygen atoms in total. The third-order valence-electron chi connectivity index (χ3n) is 5.56. The van der Waals surface area contributed by atoms with Crippen LogP contribution in [0.5, 0.6) is 11.5 Å². The van der Waals surface area contributed by atoms with Crippen molar-refractivity contribution in [1.82, 2.24) is 5.43 Å². The summed E-state index contributed by atoms with van der Waals surface area (Å²) >= 11 is 0. The van der Waals surface area contributed by atoms with Crippen LogP contribution in [0.4, 0.5) is 4.39 Å². The van der Waals surface area contributed by atoms with Crippen molar-refractivity contribution in [2.24, 2.45) is 5.10 Å². The minimum Gasteiger partial charge on any atom is -0.493 e. The van der Waals surface area contributed by atoms with Gasteiger partial charge in [0, 0.05) is 10.9 Å². The summed E-state index contributed by atoms with van der Waals surface area (Å²) in [5.41, 5.74) is 4.24. The van der Waals surface area contributed by atoms with E-state index in [4.69, 9.17) is 13.9 Å². The summed E-state index contributed by atoms with van der Waals surface area (Å²) in [6, 6.07) is 25.0. The maximum Gasteiger partial charge on any atom is 0.307 e. The summed E-state index contributed by atoms with van der Waals surface area (Å²) in [6.45, 7) is 0.0688. The van der Waals surface area contributed by atoms with Crippen LogP contribution in [-0.4, -0.2) is 19.2 Å². The molecule has 0 radical (unpaired) electrons. The molecular formula is C28H21FN2O4. The number of rotatable bonds is 7. The van der Waals surface area contributed by atoms with E-state index in [0.717, 1.165) is 16.2 Å². The average molecular weight is 468 g/mol. The number of amides is 1. The van der Waals surface area contributed by atoms with E-state index in [1.807, 2.05) is 36.4 Å². The van der Waals surface area contributed by atoms with E-state index in [1.165, 1.54) is 19.4 Å². The SMILES string of the molecule is COc1cc(C=NNC(=O)c2cc3c(ccc4ccccc43)o2)ccc1OCc1ccccc1F. The number of hydrogen-bond donors (Lipinski definition) is 1. The molecule has 0 aliphatic carbocycles. The van der Waals surface area contributed by atoms with Gasteiger partial charge in [-0.15, -0.1) is 0 Å². The Morgan fingerprint density at radius 2 is 1.80 bits per heavy atom. The number of benzene rings is 4. The molecule has 0 aliphatic rings. The first kappa shape index (κ1) is 22.2. The zero-order valence-electron chi connectivity index (χ0n) is 18.8. The predicted octanol–water partition coefficient (Wildman–Crippen LogP) is 6.08. The van der Waals surface area contributed by atoms with Crippen LogP contribution in [0, 0.1) is 5.82 Å². The number of ether oxygens (including phenoxy) is 2. The van der Waals surface area contributed by atoms with E-state index in [1.54, 1.807) is 42.5 Å². The van der Waals surface area contributed by atoms with Crippen molar-refractivity contribution in [2.45, 2.75) is 6.61 Å². The van der Waals surface area contributed by atoms with Gasteiger partial charge in [-0.2, -0.15) is 5.10 Å². The number of hydrazone groups is 1. The van der Waals surface area contributed by atoms with Gasteiger partial charge in [-0.3, -0.25) is 4.79 Å². The number of methoxy groups -OCH3 is 1. The molecule has 5 aromatic rings. The number of carbonyl (C=O) groups excluding carboxylic acids is 1. The molecule has 35 heavy (non-hydrogen) atoms. The number of nitrogens with zero attached hydrogens (tertiary/aromatic N) is 1. The molecule has 0 spiro atoms. The van der Waals surface area contributed by atoms with Crippen LogP contribution < -0.4 is 14.9 Å². The van der Waals surface area contributed by atoms with Gasteiger partial charge in [-0.05, 0) is 52.7 Å². The molecule has 7 heteroatoms. The highest BCUT2D eigenvalue weighted by molar-refractivity contribution is 6.08. The Kier molecular flexibility index (Phi) is 6.13. The molecule has 1 amide bonds. The lowest BCUT2D eigenvalue weighted by molar-refractivity contribution is 0.0929. The summed E-state index contributed by atoms with van der Waals surface area (Å²) in [4.78, 5) is 12.6. The second kappa shape index (κ2) is 9.69.